The average molecular weight is 259 g/mol. The quantitative estimate of drug-likeness (QED) is 0.836. The van der Waals surface area contributed by atoms with Gasteiger partial charge in [0.05, 0.1) is 12.2 Å². The number of halogens is 1. The van der Waals surface area contributed by atoms with Crippen molar-refractivity contribution in [1.82, 2.24) is 0 Å². The molecule has 2 atom stereocenters. The van der Waals surface area contributed by atoms with Crippen LogP contribution in [0.3, 0.4) is 0 Å². The number of hydrogen-bond acceptors (Lipinski definition) is 2. The van der Waals surface area contributed by atoms with E-state index in [2.05, 4.69) is 19.6 Å². The van der Waals surface area contributed by atoms with Gasteiger partial charge in [-0.3, -0.25) is 0 Å². The Kier molecular flexibility index (Phi) is 4.56. The molecule has 1 unspecified atom stereocenters. The van der Waals surface area contributed by atoms with Crippen molar-refractivity contribution >= 4 is 19.9 Å². The van der Waals surface area contributed by atoms with Crippen LogP contribution in [0, 0.1) is 0 Å². The Hall–Kier alpha value is -0.353. The van der Waals surface area contributed by atoms with Crippen molar-refractivity contribution in [3.8, 4) is 0 Å². The third kappa shape index (κ3) is 3.90. The second kappa shape index (κ2) is 5.32. The van der Waals surface area contributed by atoms with Crippen molar-refractivity contribution in [2.24, 2.45) is 0 Å². The highest BCUT2D eigenvalue weighted by Gasteiger charge is 2.27. The lowest BCUT2D eigenvalue weighted by molar-refractivity contribution is 0.0430. The molecule has 1 aromatic rings. The van der Waals surface area contributed by atoms with Gasteiger partial charge >= 0.3 is 0 Å². The Morgan fingerprint density at radius 3 is 2.25 bits per heavy atom. The fraction of sp³-hybridized carbons (Fsp3) is 0.500. The zero-order chi connectivity index (χ0) is 12.3. The summed E-state index contributed by atoms with van der Waals surface area (Å²) in [6.45, 7) is 8.02. The second-order valence-corrected chi connectivity index (χ2v) is 9.78. The highest BCUT2D eigenvalue weighted by Crippen LogP contribution is 2.30. The number of aliphatic hydroxyl groups excluding tert-OH is 1. The first-order valence-electron chi connectivity index (χ1n) is 5.41. The number of rotatable bonds is 4. The average Bonchev–Trinajstić information content (AvgIpc) is 2.13. The zero-order valence-electron chi connectivity index (χ0n) is 10.2. The van der Waals surface area contributed by atoms with Gasteiger partial charge in [-0.05, 0) is 32.6 Å². The van der Waals surface area contributed by atoms with Gasteiger partial charge in [0.1, 0.15) is 0 Å². The van der Waals surface area contributed by atoms with Gasteiger partial charge in [-0.15, -0.1) is 0 Å². The molecule has 0 amide bonds. The molecule has 0 aliphatic rings. The van der Waals surface area contributed by atoms with Crippen LogP contribution < -0.4 is 0 Å². The standard InChI is InChI=1S/C12H19ClO2Si/c1-9(14)12(15-16(2,3)4)10-7-5-6-8-11(10)13/h5-9,12,14H,1-4H3/t9-,12?/m0/s1. The summed E-state index contributed by atoms with van der Waals surface area (Å²) in [6.07, 6.45) is -0.896. The molecule has 0 radical (unpaired) electrons. The Bertz CT molecular complexity index is 347. The van der Waals surface area contributed by atoms with Crippen LogP contribution in [-0.2, 0) is 4.43 Å². The van der Waals surface area contributed by atoms with E-state index in [-0.39, 0.29) is 6.10 Å². The minimum Gasteiger partial charge on any atom is -0.408 e. The molecule has 1 N–H and O–H groups in total. The summed E-state index contributed by atoms with van der Waals surface area (Å²) in [5, 5.41) is 10.4. The highest BCUT2D eigenvalue weighted by molar-refractivity contribution is 6.69. The van der Waals surface area contributed by atoms with E-state index in [0.717, 1.165) is 5.56 Å². The molecule has 0 aliphatic heterocycles. The minimum atomic E-state index is -1.71. The van der Waals surface area contributed by atoms with Gasteiger partial charge in [0.15, 0.2) is 8.32 Å². The molecule has 0 aromatic heterocycles. The van der Waals surface area contributed by atoms with E-state index in [4.69, 9.17) is 16.0 Å². The molecule has 0 spiro atoms. The fourth-order valence-corrected chi connectivity index (χ4v) is 2.84. The summed E-state index contributed by atoms with van der Waals surface area (Å²) >= 11 is 6.12. The van der Waals surface area contributed by atoms with E-state index in [9.17, 15) is 5.11 Å². The second-order valence-electron chi connectivity index (χ2n) is 4.91. The molecular formula is C12H19ClO2Si. The zero-order valence-corrected chi connectivity index (χ0v) is 12.0. The first-order chi connectivity index (χ1) is 7.31. The SMILES string of the molecule is C[C@H](O)C(O[Si](C)(C)C)c1ccccc1Cl. The normalized spacial score (nSPS) is 15.9. The van der Waals surface area contributed by atoms with Gasteiger partial charge in [-0.1, -0.05) is 29.8 Å². The van der Waals surface area contributed by atoms with Crippen LogP contribution in [0.15, 0.2) is 24.3 Å². The molecule has 1 rings (SSSR count). The lowest BCUT2D eigenvalue weighted by Gasteiger charge is -2.29. The van der Waals surface area contributed by atoms with Crippen molar-refractivity contribution in [2.75, 3.05) is 0 Å². The topological polar surface area (TPSA) is 29.5 Å². The summed E-state index contributed by atoms with van der Waals surface area (Å²) in [7, 11) is -1.71. The maximum absolute atomic E-state index is 9.79. The first kappa shape index (κ1) is 13.7. The lowest BCUT2D eigenvalue weighted by atomic mass is 10.1. The predicted octanol–water partition coefficient (Wildman–Crippen LogP) is 3.61. The molecule has 4 heteroatoms. The van der Waals surface area contributed by atoms with Gasteiger partial charge in [0, 0.05) is 10.6 Å². The fourth-order valence-electron chi connectivity index (χ4n) is 1.51. The van der Waals surface area contributed by atoms with Crippen molar-refractivity contribution in [1.29, 1.82) is 0 Å². The van der Waals surface area contributed by atoms with Gasteiger partial charge < -0.3 is 9.53 Å². The highest BCUT2D eigenvalue weighted by atomic mass is 35.5. The Balaban J connectivity index is 2.99. The molecule has 2 nitrogen and oxygen atoms in total. The molecule has 0 bridgehead atoms. The van der Waals surface area contributed by atoms with Crippen LogP contribution in [0.5, 0.6) is 0 Å². The van der Waals surface area contributed by atoms with Crippen LogP contribution in [-0.4, -0.2) is 19.5 Å². The predicted molar refractivity (Wildman–Crippen MR) is 70.3 cm³/mol. The number of aliphatic hydroxyl groups is 1. The van der Waals surface area contributed by atoms with Gasteiger partial charge in [0.2, 0.25) is 0 Å². The summed E-state index contributed by atoms with van der Waals surface area (Å²) in [4.78, 5) is 0. The summed E-state index contributed by atoms with van der Waals surface area (Å²) in [6, 6.07) is 7.50. The molecule has 0 fully saturated rings. The maximum atomic E-state index is 9.79. The van der Waals surface area contributed by atoms with E-state index in [0.29, 0.717) is 5.02 Å². The van der Waals surface area contributed by atoms with Crippen molar-refractivity contribution < 1.29 is 9.53 Å². The molecule has 0 aliphatic carbocycles. The van der Waals surface area contributed by atoms with Crippen molar-refractivity contribution in [3.63, 3.8) is 0 Å². The van der Waals surface area contributed by atoms with E-state index >= 15 is 0 Å². The van der Waals surface area contributed by atoms with Crippen LogP contribution in [0.2, 0.25) is 24.7 Å². The van der Waals surface area contributed by atoms with Gasteiger partial charge in [-0.2, -0.15) is 0 Å². The van der Waals surface area contributed by atoms with Crippen LogP contribution in [0.25, 0.3) is 0 Å². The van der Waals surface area contributed by atoms with E-state index in [1.54, 1.807) is 6.92 Å². The van der Waals surface area contributed by atoms with E-state index < -0.39 is 14.4 Å². The van der Waals surface area contributed by atoms with Gasteiger partial charge in [0.25, 0.3) is 0 Å². The molecule has 16 heavy (non-hydrogen) atoms. The van der Waals surface area contributed by atoms with Crippen LogP contribution >= 0.6 is 11.6 Å². The Labute approximate surface area is 103 Å². The Morgan fingerprint density at radius 2 is 1.81 bits per heavy atom. The van der Waals surface area contributed by atoms with Gasteiger partial charge in [-0.25, -0.2) is 0 Å². The molecule has 90 valence electrons. The Morgan fingerprint density at radius 1 is 1.25 bits per heavy atom. The minimum absolute atomic E-state index is 0.333. The molecule has 0 heterocycles. The summed E-state index contributed by atoms with van der Waals surface area (Å²) in [5.41, 5.74) is 0.863. The third-order valence-corrected chi connectivity index (χ3v) is 3.44. The van der Waals surface area contributed by atoms with Crippen LogP contribution in [0.4, 0.5) is 0 Å². The maximum Gasteiger partial charge on any atom is 0.184 e. The van der Waals surface area contributed by atoms with Crippen molar-refractivity contribution in [2.45, 2.75) is 38.8 Å². The van der Waals surface area contributed by atoms with Crippen molar-refractivity contribution in [3.05, 3.63) is 34.9 Å². The van der Waals surface area contributed by atoms with E-state index in [1.807, 2.05) is 24.3 Å². The molecule has 1 aromatic carbocycles. The third-order valence-electron chi connectivity index (χ3n) is 2.13. The smallest absolute Gasteiger partial charge is 0.184 e. The van der Waals surface area contributed by atoms with E-state index in [1.165, 1.54) is 0 Å². The monoisotopic (exact) mass is 258 g/mol. The lowest BCUT2D eigenvalue weighted by Crippen LogP contribution is -2.32. The number of benzene rings is 1. The number of hydrogen-bond donors (Lipinski definition) is 1. The first-order valence-corrected chi connectivity index (χ1v) is 9.20. The molecule has 0 saturated carbocycles. The summed E-state index contributed by atoms with van der Waals surface area (Å²) < 4.78 is 5.97. The molecular weight excluding hydrogens is 240 g/mol. The summed E-state index contributed by atoms with van der Waals surface area (Å²) in [5.74, 6) is 0. The molecule has 0 saturated heterocycles. The van der Waals surface area contributed by atoms with Crippen LogP contribution in [0.1, 0.15) is 18.6 Å². The largest absolute Gasteiger partial charge is 0.408 e.